The van der Waals surface area contributed by atoms with Crippen molar-refractivity contribution in [3.63, 3.8) is 0 Å². The Morgan fingerprint density at radius 3 is 2.18 bits per heavy atom. The standard InChI is InChI=1S/C15H26N2/c1-5-15(6-2,12-16-3)13-17(4)14-10-8-7-9-11-14/h7-11,16H,5-6,12-13H2,1-4H3. The molecule has 1 N–H and O–H groups in total. The number of para-hydroxylation sites is 1. The van der Waals surface area contributed by atoms with Crippen molar-refractivity contribution < 1.29 is 0 Å². The van der Waals surface area contributed by atoms with Crippen LogP contribution in [0.15, 0.2) is 30.3 Å². The van der Waals surface area contributed by atoms with Crippen molar-refractivity contribution in [3.05, 3.63) is 30.3 Å². The molecule has 0 radical (unpaired) electrons. The molecule has 0 fully saturated rings. The molecule has 0 aliphatic rings. The Morgan fingerprint density at radius 1 is 1.12 bits per heavy atom. The highest BCUT2D eigenvalue weighted by Crippen LogP contribution is 2.28. The summed E-state index contributed by atoms with van der Waals surface area (Å²) in [6.07, 6.45) is 2.42. The lowest BCUT2D eigenvalue weighted by Crippen LogP contribution is -2.41. The van der Waals surface area contributed by atoms with E-state index >= 15 is 0 Å². The van der Waals surface area contributed by atoms with Gasteiger partial charge in [-0.25, -0.2) is 0 Å². The van der Waals surface area contributed by atoms with Crippen LogP contribution in [-0.2, 0) is 0 Å². The zero-order chi connectivity index (χ0) is 12.7. The van der Waals surface area contributed by atoms with Crippen molar-refractivity contribution in [3.8, 4) is 0 Å². The molecular weight excluding hydrogens is 208 g/mol. The van der Waals surface area contributed by atoms with E-state index in [-0.39, 0.29) is 0 Å². The molecule has 0 bridgehead atoms. The molecule has 0 aliphatic carbocycles. The Bertz CT molecular complexity index is 304. The van der Waals surface area contributed by atoms with Crippen LogP contribution in [-0.4, -0.2) is 27.2 Å². The third kappa shape index (κ3) is 3.74. The van der Waals surface area contributed by atoms with Gasteiger partial charge in [-0.3, -0.25) is 0 Å². The minimum Gasteiger partial charge on any atom is -0.374 e. The molecule has 1 aromatic carbocycles. The van der Waals surface area contributed by atoms with Gasteiger partial charge < -0.3 is 10.2 Å². The van der Waals surface area contributed by atoms with Crippen LogP contribution in [0.1, 0.15) is 26.7 Å². The summed E-state index contributed by atoms with van der Waals surface area (Å²) in [5.74, 6) is 0. The number of nitrogens with zero attached hydrogens (tertiary/aromatic N) is 1. The summed E-state index contributed by atoms with van der Waals surface area (Å²) in [6.45, 7) is 6.77. The predicted octanol–water partition coefficient (Wildman–Crippen LogP) is 3.15. The van der Waals surface area contributed by atoms with Crippen molar-refractivity contribution in [2.75, 3.05) is 32.1 Å². The first kappa shape index (κ1) is 14.0. The number of hydrogen-bond acceptors (Lipinski definition) is 2. The first-order valence-corrected chi connectivity index (χ1v) is 6.58. The van der Waals surface area contributed by atoms with Gasteiger partial charge in [0.15, 0.2) is 0 Å². The second-order valence-corrected chi connectivity index (χ2v) is 4.93. The molecule has 96 valence electrons. The van der Waals surface area contributed by atoms with E-state index in [1.807, 2.05) is 7.05 Å². The summed E-state index contributed by atoms with van der Waals surface area (Å²) in [7, 11) is 4.23. The molecule has 0 aromatic heterocycles. The van der Waals surface area contributed by atoms with Crippen LogP contribution in [0.2, 0.25) is 0 Å². The van der Waals surface area contributed by atoms with Gasteiger partial charge in [0.25, 0.3) is 0 Å². The lowest BCUT2D eigenvalue weighted by Gasteiger charge is -2.36. The summed E-state index contributed by atoms with van der Waals surface area (Å²) < 4.78 is 0. The molecule has 17 heavy (non-hydrogen) atoms. The smallest absolute Gasteiger partial charge is 0.0363 e. The third-order valence-electron chi connectivity index (χ3n) is 3.82. The fourth-order valence-corrected chi connectivity index (χ4v) is 2.43. The van der Waals surface area contributed by atoms with Crippen LogP contribution >= 0.6 is 0 Å². The van der Waals surface area contributed by atoms with Gasteiger partial charge in [-0.1, -0.05) is 32.0 Å². The van der Waals surface area contributed by atoms with Gasteiger partial charge >= 0.3 is 0 Å². The second kappa shape index (κ2) is 6.65. The van der Waals surface area contributed by atoms with E-state index in [1.165, 1.54) is 18.5 Å². The topological polar surface area (TPSA) is 15.3 Å². The normalized spacial score (nSPS) is 11.5. The Kier molecular flexibility index (Phi) is 5.49. The van der Waals surface area contributed by atoms with Crippen LogP contribution in [0.5, 0.6) is 0 Å². The third-order valence-corrected chi connectivity index (χ3v) is 3.82. The maximum absolute atomic E-state index is 3.34. The van der Waals surface area contributed by atoms with Gasteiger partial charge in [0.1, 0.15) is 0 Å². The highest BCUT2D eigenvalue weighted by Gasteiger charge is 2.27. The lowest BCUT2D eigenvalue weighted by atomic mass is 9.81. The summed E-state index contributed by atoms with van der Waals surface area (Å²) in [5.41, 5.74) is 1.68. The van der Waals surface area contributed by atoms with Crippen LogP contribution < -0.4 is 10.2 Å². The lowest BCUT2D eigenvalue weighted by molar-refractivity contribution is 0.262. The first-order chi connectivity index (χ1) is 8.17. The molecule has 2 heteroatoms. The number of anilines is 1. The highest BCUT2D eigenvalue weighted by molar-refractivity contribution is 5.45. The SMILES string of the molecule is CCC(CC)(CNC)CN(C)c1ccccc1. The van der Waals surface area contributed by atoms with Crippen LogP contribution in [0.4, 0.5) is 5.69 Å². The molecular formula is C15H26N2. The molecule has 2 nitrogen and oxygen atoms in total. The van der Waals surface area contributed by atoms with E-state index in [4.69, 9.17) is 0 Å². The maximum Gasteiger partial charge on any atom is 0.0363 e. The zero-order valence-electron chi connectivity index (χ0n) is 11.7. The molecule has 0 atom stereocenters. The van der Waals surface area contributed by atoms with Gasteiger partial charge in [-0.05, 0) is 37.4 Å². The van der Waals surface area contributed by atoms with E-state index in [0.29, 0.717) is 5.41 Å². The summed E-state index contributed by atoms with van der Waals surface area (Å²) in [6, 6.07) is 10.6. The fraction of sp³-hybridized carbons (Fsp3) is 0.600. The second-order valence-electron chi connectivity index (χ2n) is 4.93. The molecule has 1 rings (SSSR count). The highest BCUT2D eigenvalue weighted by atomic mass is 15.1. The Balaban J connectivity index is 2.73. The zero-order valence-corrected chi connectivity index (χ0v) is 11.7. The Morgan fingerprint density at radius 2 is 1.71 bits per heavy atom. The fourth-order valence-electron chi connectivity index (χ4n) is 2.43. The minimum atomic E-state index is 0.374. The molecule has 1 aromatic rings. The van der Waals surface area contributed by atoms with E-state index < -0.39 is 0 Å². The monoisotopic (exact) mass is 234 g/mol. The maximum atomic E-state index is 3.34. The predicted molar refractivity (Wildman–Crippen MR) is 76.7 cm³/mol. The molecule has 0 saturated heterocycles. The van der Waals surface area contributed by atoms with Crippen LogP contribution in [0.25, 0.3) is 0 Å². The quantitative estimate of drug-likeness (QED) is 0.779. The van der Waals surface area contributed by atoms with E-state index in [1.54, 1.807) is 0 Å². The molecule has 0 amide bonds. The van der Waals surface area contributed by atoms with Crippen LogP contribution in [0.3, 0.4) is 0 Å². The minimum absolute atomic E-state index is 0.374. The summed E-state index contributed by atoms with van der Waals surface area (Å²) in [5, 5.41) is 3.34. The van der Waals surface area contributed by atoms with Crippen molar-refractivity contribution in [1.82, 2.24) is 5.32 Å². The van der Waals surface area contributed by atoms with Gasteiger partial charge in [0.2, 0.25) is 0 Å². The largest absolute Gasteiger partial charge is 0.374 e. The number of hydrogen-bond donors (Lipinski definition) is 1. The van der Waals surface area contributed by atoms with Gasteiger partial charge in [0.05, 0.1) is 0 Å². The molecule has 0 saturated carbocycles. The molecule has 0 heterocycles. The molecule has 0 unspecified atom stereocenters. The average Bonchev–Trinajstić information content (AvgIpc) is 2.39. The average molecular weight is 234 g/mol. The van der Waals surface area contributed by atoms with Gasteiger partial charge in [-0.2, -0.15) is 0 Å². The van der Waals surface area contributed by atoms with Gasteiger partial charge in [0, 0.05) is 25.8 Å². The van der Waals surface area contributed by atoms with Crippen molar-refractivity contribution in [2.24, 2.45) is 5.41 Å². The van der Waals surface area contributed by atoms with E-state index in [9.17, 15) is 0 Å². The Hall–Kier alpha value is -1.02. The molecule has 0 aliphatic heterocycles. The first-order valence-electron chi connectivity index (χ1n) is 6.58. The summed E-state index contributed by atoms with van der Waals surface area (Å²) >= 11 is 0. The Labute approximate surface area is 106 Å². The van der Waals surface area contributed by atoms with Gasteiger partial charge in [-0.15, -0.1) is 0 Å². The van der Waals surface area contributed by atoms with Crippen molar-refractivity contribution >= 4 is 5.69 Å². The van der Waals surface area contributed by atoms with E-state index in [2.05, 4.69) is 61.4 Å². The number of benzene rings is 1. The van der Waals surface area contributed by atoms with Crippen LogP contribution in [0, 0.1) is 5.41 Å². The molecule has 0 spiro atoms. The van der Waals surface area contributed by atoms with Crippen molar-refractivity contribution in [1.29, 1.82) is 0 Å². The van der Waals surface area contributed by atoms with Crippen molar-refractivity contribution in [2.45, 2.75) is 26.7 Å². The van der Waals surface area contributed by atoms with E-state index in [0.717, 1.165) is 13.1 Å². The summed E-state index contributed by atoms with van der Waals surface area (Å²) in [4.78, 5) is 2.37. The number of rotatable bonds is 7. The number of nitrogens with one attached hydrogen (secondary N) is 1.